The van der Waals surface area contributed by atoms with Crippen LogP contribution >= 0.6 is 0 Å². The third kappa shape index (κ3) is 3.20. The number of aliphatic carboxylic acids is 1. The highest BCUT2D eigenvalue weighted by Gasteiger charge is 2.63. The van der Waals surface area contributed by atoms with Crippen molar-refractivity contribution in [3.05, 3.63) is 23.8 Å². The predicted octanol–water partition coefficient (Wildman–Crippen LogP) is 4.96. The highest BCUT2D eigenvalue weighted by molar-refractivity contribution is 5.86. The number of rotatable bonds is 4. The number of benzene rings is 1. The SMILES string of the molecule is COc1ccc(OC)c(C2C[C@]3(C)[C@H]4CC[C@]5(C)[C@@H](C(=O)O)CC[C@H]5[C@@H]4CC[C@H]3N(C)C2=O)c1. The highest BCUT2D eigenvalue weighted by Crippen LogP contribution is 2.67. The fourth-order valence-corrected chi connectivity index (χ4v) is 9.05. The Hall–Kier alpha value is -2.24. The van der Waals surface area contributed by atoms with Gasteiger partial charge < -0.3 is 19.5 Å². The molecule has 3 saturated carbocycles. The van der Waals surface area contributed by atoms with Crippen molar-refractivity contribution in [2.45, 2.75) is 70.8 Å². The summed E-state index contributed by atoms with van der Waals surface area (Å²) in [5, 5.41) is 9.90. The maximum atomic E-state index is 13.7. The van der Waals surface area contributed by atoms with Crippen LogP contribution in [0.1, 0.15) is 70.3 Å². The number of piperidine rings is 1. The Morgan fingerprint density at radius 2 is 1.76 bits per heavy atom. The summed E-state index contributed by atoms with van der Waals surface area (Å²) in [6, 6.07) is 5.97. The molecule has 5 rings (SSSR count). The van der Waals surface area contributed by atoms with Crippen LogP contribution in [0.4, 0.5) is 0 Å². The van der Waals surface area contributed by atoms with E-state index in [-0.39, 0.29) is 34.6 Å². The molecule has 1 aromatic rings. The number of carboxylic acid groups (broad SMARTS) is 1. The van der Waals surface area contributed by atoms with Crippen molar-refractivity contribution in [2.75, 3.05) is 21.3 Å². The first-order valence-electron chi connectivity index (χ1n) is 12.9. The molecule has 34 heavy (non-hydrogen) atoms. The molecule has 1 aromatic carbocycles. The van der Waals surface area contributed by atoms with E-state index in [2.05, 4.69) is 13.8 Å². The van der Waals surface area contributed by atoms with E-state index < -0.39 is 5.97 Å². The van der Waals surface area contributed by atoms with Gasteiger partial charge in [-0.05, 0) is 91.7 Å². The molecule has 1 unspecified atom stereocenters. The quantitative estimate of drug-likeness (QED) is 0.674. The molecule has 1 amide bonds. The van der Waals surface area contributed by atoms with Crippen LogP contribution in [-0.4, -0.2) is 49.2 Å². The van der Waals surface area contributed by atoms with Crippen LogP contribution in [0.3, 0.4) is 0 Å². The Bertz CT molecular complexity index is 993. The average Bonchev–Trinajstić information content (AvgIpc) is 3.18. The minimum Gasteiger partial charge on any atom is -0.497 e. The second kappa shape index (κ2) is 8.17. The summed E-state index contributed by atoms with van der Waals surface area (Å²) >= 11 is 0. The molecule has 0 aromatic heterocycles. The van der Waals surface area contributed by atoms with Gasteiger partial charge in [0.2, 0.25) is 5.91 Å². The first-order valence-corrected chi connectivity index (χ1v) is 12.9. The van der Waals surface area contributed by atoms with Gasteiger partial charge in [-0.3, -0.25) is 9.59 Å². The van der Waals surface area contributed by atoms with Gasteiger partial charge in [0.15, 0.2) is 0 Å². The third-order valence-corrected chi connectivity index (χ3v) is 10.7. The topological polar surface area (TPSA) is 76.1 Å². The smallest absolute Gasteiger partial charge is 0.307 e. The minimum absolute atomic E-state index is 0.00697. The molecular formula is C28H39NO5. The number of hydrogen-bond donors (Lipinski definition) is 1. The number of fused-ring (bicyclic) bond motifs is 5. The van der Waals surface area contributed by atoms with Crippen molar-refractivity contribution in [1.29, 1.82) is 0 Å². The van der Waals surface area contributed by atoms with Gasteiger partial charge >= 0.3 is 5.97 Å². The Balaban J connectivity index is 1.51. The van der Waals surface area contributed by atoms with E-state index in [0.717, 1.165) is 62.0 Å². The van der Waals surface area contributed by atoms with Crippen molar-refractivity contribution in [3.8, 4) is 11.5 Å². The Labute approximate surface area is 203 Å². The van der Waals surface area contributed by atoms with Gasteiger partial charge in [0.25, 0.3) is 0 Å². The summed E-state index contributed by atoms with van der Waals surface area (Å²) in [5.74, 6) is 2.06. The van der Waals surface area contributed by atoms with Crippen LogP contribution < -0.4 is 9.47 Å². The van der Waals surface area contributed by atoms with Crippen LogP contribution in [-0.2, 0) is 9.59 Å². The lowest BCUT2D eigenvalue weighted by atomic mass is 9.46. The number of likely N-dealkylation sites (tertiary alicyclic amines) is 1. The van der Waals surface area contributed by atoms with Gasteiger partial charge in [-0.1, -0.05) is 13.8 Å². The molecule has 6 nitrogen and oxygen atoms in total. The molecule has 0 bridgehead atoms. The Morgan fingerprint density at radius 3 is 2.44 bits per heavy atom. The molecule has 4 fully saturated rings. The van der Waals surface area contributed by atoms with Crippen molar-refractivity contribution >= 4 is 11.9 Å². The van der Waals surface area contributed by atoms with E-state index >= 15 is 0 Å². The molecule has 1 N–H and O–H groups in total. The van der Waals surface area contributed by atoms with Crippen LogP contribution in [0.2, 0.25) is 0 Å². The van der Waals surface area contributed by atoms with Gasteiger partial charge in [0, 0.05) is 18.7 Å². The zero-order valence-electron chi connectivity index (χ0n) is 21.2. The largest absolute Gasteiger partial charge is 0.497 e. The normalized spacial score (nSPS) is 41.3. The maximum Gasteiger partial charge on any atom is 0.307 e. The summed E-state index contributed by atoms with van der Waals surface area (Å²) < 4.78 is 11.2. The monoisotopic (exact) mass is 469 g/mol. The fourth-order valence-electron chi connectivity index (χ4n) is 9.05. The standard InChI is InChI=1S/C28H39NO5/c1-27-13-12-21-17(20(27)8-9-22(27)26(31)32)7-11-24-28(21,2)15-19(25(30)29(24)3)18-14-16(33-4)6-10-23(18)34-5/h6,10,14,17,19-22,24H,7-9,11-13,15H2,1-5H3,(H,31,32)/t17-,19?,20-,21-,22+,24+,27-,28+/m0/s1. The number of hydrogen-bond acceptors (Lipinski definition) is 4. The number of nitrogens with zero attached hydrogens (tertiary/aromatic N) is 1. The van der Waals surface area contributed by atoms with Gasteiger partial charge in [0.1, 0.15) is 11.5 Å². The molecule has 1 aliphatic heterocycles. The van der Waals surface area contributed by atoms with Crippen molar-refractivity contribution in [3.63, 3.8) is 0 Å². The summed E-state index contributed by atoms with van der Waals surface area (Å²) in [5.41, 5.74) is 0.808. The lowest BCUT2D eigenvalue weighted by molar-refractivity contribution is -0.165. The summed E-state index contributed by atoms with van der Waals surface area (Å²) in [6.45, 7) is 4.65. The molecule has 6 heteroatoms. The molecule has 3 aliphatic carbocycles. The molecule has 1 heterocycles. The number of methoxy groups -OCH3 is 2. The van der Waals surface area contributed by atoms with Crippen LogP contribution in [0.15, 0.2) is 18.2 Å². The van der Waals surface area contributed by atoms with Gasteiger partial charge in [-0.15, -0.1) is 0 Å². The molecule has 0 spiro atoms. The lowest BCUT2D eigenvalue weighted by Crippen LogP contribution is -2.63. The average molecular weight is 470 g/mol. The van der Waals surface area contributed by atoms with Crippen molar-refractivity contribution < 1.29 is 24.2 Å². The van der Waals surface area contributed by atoms with E-state index in [4.69, 9.17) is 9.47 Å². The number of carbonyl (C=O) groups excluding carboxylic acids is 1. The van der Waals surface area contributed by atoms with E-state index in [1.165, 1.54) is 0 Å². The molecular weight excluding hydrogens is 430 g/mol. The number of ether oxygens (including phenoxy) is 2. The van der Waals surface area contributed by atoms with Gasteiger partial charge in [-0.25, -0.2) is 0 Å². The third-order valence-electron chi connectivity index (χ3n) is 10.7. The van der Waals surface area contributed by atoms with E-state index in [9.17, 15) is 14.7 Å². The number of amides is 1. The first kappa shape index (κ1) is 23.5. The van der Waals surface area contributed by atoms with Crippen molar-refractivity contribution in [2.24, 2.45) is 34.5 Å². The van der Waals surface area contributed by atoms with E-state index in [1.807, 2.05) is 30.1 Å². The molecule has 4 aliphatic rings. The number of carboxylic acids is 1. The number of likely N-dealkylation sites (N-methyl/N-ethyl adjacent to an activating group) is 1. The lowest BCUT2D eigenvalue weighted by Gasteiger charge is -2.62. The number of carbonyl (C=O) groups is 2. The van der Waals surface area contributed by atoms with Crippen LogP contribution in [0.25, 0.3) is 0 Å². The Morgan fingerprint density at radius 1 is 1.03 bits per heavy atom. The fraction of sp³-hybridized carbons (Fsp3) is 0.714. The first-order chi connectivity index (χ1) is 16.2. The highest BCUT2D eigenvalue weighted by atomic mass is 16.5. The zero-order valence-corrected chi connectivity index (χ0v) is 21.2. The molecule has 1 saturated heterocycles. The van der Waals surface area contributed by atoms with E-state index in [1.54, 1.807) is 14.2 Å². The van der Waals surface area contributed by atoms with Gasteiger partial charge in [-0.2, -0.15) is 0 Å². The van der Waals surface area contributed by atoms with Crippen LogP contribution in [0, 0.1) is 34.5 Å². The van der Waals surface area contributed by atoms with Gasteiger partial charge in [0.05, 0.1) is 26.1 Å². The molecule has 186 valence electrons. The summed E-state index contributed by atoms with van der Waals surface area (Å²) in [6.07, 6.45) is 6.77. The summed E-state index contributed by atoms with van der Waals surface area (Å²) in [7, 11) is 5.28. The second-order valence-corrected chi connectivity index (χ2v) is 11.8. The molecule has 8 atom stereocenters. The maximum absolute atomic E-state index is 13.7. The predicted molar refractivity (Wildman–Crippen MR) is 129 cm³/mol. The second-order valence-electron chi connectivity index (χ2n) is 11.8. The summed E-state index contributed by atoms with van der Waals surface area (Å²) in [4.78, 5) is 27.7. The van der Waals surface area contributed by atoms with Crippen LogP contribution in [0.5, 0.6) is 11.5 Å². The Kier molecular flexibility index (Phi) is 5.64. The zero-order chi connectivity index (χ0) is 24.4. The van der Waals surface area contributed by atoms with Crippen molar-refractivity contribution in [1.82, 2.24) is 4.90 Å². The molecule has 0 radical (unpaired) electrons. The minimum atomic E-state index is -0.614. The van der Waals surface area contributed by atoms with E-state index in [0.29, 0.717) is 17.8 Å².